The number of aliphatic carboxylic acids is 1. The third kappa shape index (κ3) is 1.48. The number of carboxylic acids is 1. The van der Waals surface area contributed by atoms with Crippen LogP contribution in [0.1, 0.15) is 22.8 Å². The number of hydrogen-bond donors (Lipinski definition) is 0. The first-order chi connectivity index (χ1) is 7.03. The van der Waals surface area contributed by atoms with Crippen LogP contribution in [0.15, 0.2) is 24.3 Å². The van der Waals surface area contributed by atoms with E-state index in [-0.39, 0.29) is 6.42 Å². The highest BCUT2D eigenvalue weighted by Crippen LogP contribution is 2.27. The lowest BCUT2D eigenvalue weighted by Gasteiger charge is -2.34. The molecular formula is C11H9O4-. The van der Waals surface area contributed by atoms with Crippen molar-refractivity contribution in [2.24, 2.45) is 0 Å². The summed E-state index contributed by atoms with van der Waals surface area (Å²) < 4.78 is 4.86. The first kappa shape index (κ1) is 9.71. The zero-order valence-electron chi connectivity index (χ0n) is 8.15. The molecule has 0 saturated carbocycles. The molecule has 4 nitrogen and oxygen atoms in total. The standard InChI is InChI=1S/C11H10O4/c1-11(10(13)14)6-7-4-2-3-5-8(7)9(12)15-11/h2-5H,6H2,1H3,(H,13,14)/p-1. The summed E-state index contributed by atoms with van der Waals surface area (Å²) in [6.07, 6.45) is 0.150. The first-order valence-electron chi connectivity index (χ1n) is 4.56. The Bertz CT molecular complexity index is 438. The van der Waals surface area contributed by atoms with Crippen LogP contribution in [0.2, 0.25) is 0 Å². The summed E-state index contributed by atoms with van der Waals surface area (Å²) in [4.78, 5) is 22.3. The first-order valence-corrected chi connectivity index (χ1v) is 4.56. The number of esters is 1. The van der Waals surface area contributed by atoms with Crippen molar-refractivity contribution in [2.45, 2.75) is 18.9 Å². The van der Waals surface area contributed by atoms with Gasteiger partial charge in [-0.05, 0) is 18.6 Å². The molecule has 0 fully saturated rings. The van der Waals surface area contributed by atoms with Gasteiger partial charge in [0.15, 0.2) is 5.60 Å². The maximum absolute atomic E-state index is 11.5. The van der Waals surface area contributed by atoms with Gasteiger partial charge in [0.25, 0.3) is 0 Å². The van der Waals surface area contributed by atoms with E-state index in [9.17, 15) is 14.7 Å². The van der Waals surface area contributed by atoms with Crippen molar-refractivity contribution in [1.29, 1.82) is 0 Å². The van der Waals surface area contributed by atoms with E-state index in [1.54, 1.807) is 24.3 Å². The van der Waals surface area contributed by atoms with Crippen LogP contribution >= 0.6 is 0 Å². The van der Waals surface area contributed by atoms with E-state index in [0.717, 1.165) is 0 Å². The molecule has 2 rings (SSSR count). The largest absolute Gasteiger partial charge is 0.546 e. The van der Waals surface area contributed by atoms with Crippen molar-refractivity contribution in [2.75, 3.05) is 0 Å². The number of ether oxygens (including phenoxy) is 1. The smallest absolute Gasteiger partial charge is 0.339 e. The fourth-order valence-corrected chi connectivity index (χ4v) is 1.65. The van der Waals surface area contributed by atoms with Crippen molar-refractivity contribution in [3.8, 4) is 0 Å². The van der Waals surface area contributed by atoms with Gasteiger partial charge >= 0.3 is 5.97 Å². The minimum absolute atomic E-state index is 0.150. The Morgan fingerprint density at radius 3 is 2.80 bits per heavy atom. The van der Waals surface area contributed by atoms with Gasteiger partial charge in [0.2, 0.25) is 0 Å². The van der Waals surface area contributed by atoms with Crippen molar-refractivity contribution in [3.63, 3.8) is 0 Å². The molecule has 15 heavy (non-hydrogen) atoms. The van der Waals surface area contributed by atoms with E-state index >= 15 is 0 Å². The highest BCUT2D eigenvalue weighted by molar-refractivity contribution is 5.95. The minimum Gasteiger partial charge on any atom is -0.546 e. The quantitative estimate of drug-likeness (QED) is 0.601. The summed E-state index contributed by atoms with van der Waals surface area (Å²) in [5, 5.41) is 10.8. The number of cyclic esters (lactones) is 1. The van der Waals surface area contributed by atoms with Crippen molar-refractivity contribution < 1.29 is 19.4 Å². The van der Waals surface area contributed by atoms with Gasteiger partial charge in [-0.1, -0.05) is 18.2 Å². The molecule has 78 valence electrons. The van der Waals surface area contributed by atoms with Gasteiger partial charge < -0.3 is 14.6 Å². The van der Waals surface area contributed by atoms with Crippen molar-refractivity contribution in [1.82, 2.24) is 0 Å². The molecule has 0 bridgehead atoms. The van der Waals surface area contributed by atoms with Gasteiger partial charge in [-0.2, -0.15) is 0 Å². The molecule has 0 aliphatic carbocycles. The van der Waals surface area contributed by atoms with Gasteiger partial charge in [0, 0.05) is 6.42 Å². The number of carboxylic acid groups (broad SMARTS) is 1. The normalized spacial score (nSPS) is 24.2. The van der Waals surface area contributed by atoms with Crippen LogP contribution in [0.25, 0.3) is 0 Å². The van der Waals surface area contributed by atoms with Gasteiger partial charge in [0.1, 0.15) is 0 Å². The molecule has 1 aliphatic rings. The Balaban J connectivity index is 2.47. The molecule has 0 radical (unpaired) electrons. The fraction of sp³-hybridized carbons (Fsp3) is 0.273. The van der Waals surface area contributed by atoms with Gasteiger partial charge in [-0.3, -0.25) is 0 Å². The van der Waals surface area contributed by atoms with Crippen molar-refractivity contribution in [3.05, 3.63) is 35.4 Å². The van der Waals surface area contributed by atoms with E-state index in [4.69, 9.17) is 4.74 Å². The summed E-state index contributed by atoms with van der Waals surface area (Å²) in [7, 11) is 0. The third-order valence-corrected chi connectivity index (χ3v) is 2.51. The second-order valence-electron chi connectivity index (χ2n) is 3.74. The predicted octanol–water partition coefficient (Wildman–Crippen LogP) is -0.0919. The summed E-state index contributed by atoms with van der Waals surface area (Å²) in [6.45, 7) is 1.34. The molecular weight excluding hydrogens is 196 g/mol. The molecule has 1 aromatic rings. The Morgan fingerprint density at radius 2 is 2.13 bits per heavy atom. The van der Waals surface area contributed by atoms with Crippen LogP contribution < -0.4 is 5.11 Å². The summed E-state index contributed by atoms with van der Waals surface area (Å²) in [5.41, 5.74) is -0.442. The summed E-state index contributed by atoms with van der Waals surface area (Å²) >= 11 is 0. The SMILES string of the molecule is CC1(C(=O)[O-])Cc2ccccc2C(=O)O1. The number of carbonyl (C=O) groups excluding carboxylic acids is 2. The molecule has 1 aromatic carbocycles. The monoisotopic (exact) mass is 205 g/mol. The lowest BCUT2D eigenvalue weighted by Crippen LogP contribution is -2.52. The molecule has 0 N–H and O–H groups in total. The fourth-order valence-electron chi connectivity index (χ4n) is 1.65. The average molecular weight is 205 g/mol. The Labute approximate surface area is 86.5 Å². The topological polar surface area (TPSA) is 66.4 Å². The molecule has 0 amide bonds. The lowest BCUT2D eigenvalue weighted by molar-refractivity contribution is -0.323. The zero-order chi connectivity index (χ0) is 11.1. The van der Waals surface area contributed by atoms with Crippen molar-refractivity contribution >= 4 is 11.9 Å². The van der Waals surface area contributed by atoms with Crippen LogP contribution in [-0.4, -0.2) is 17.5 Å². The number of hydrogen-bond acceptors (Lipinski definition) is 4. The average Bonchev–Trinajstić information content (AvgIpc) is 2.17. The molecule has 4 heteroatoms. The molecule has 1 heterocycles. The van der Waals surface area contributed by atoms with Crippen LogP contribution in [0.3, 0.4) is 0 Å². The maximum Gasteiger partial charge on any atom is 0.339 e. The van der Waals surface area contributed by atoms with Gasteiger partial charge in [-0.25, -0.2) is 4.79 Å². The highest BCUT2D eigenvalue weighted by atomic mass is 16.6. The zero-order valence-corrected chi connectivity index (χ0v) is 8.15. The van der Waals surface area contributed by atoms with E-state index < -0.39 is 17.5 Å². The summed E-state index contributed by atoms with van der Waals surface area (Å²) in [5.74, 6) is -1.98. The molecule has 0 saturated heterocycles. The van der Waals surface area contributed by atoms with Crippen LogP contribution in [-0.2, 0) is 16.0 Å². The molecule has 0 aromatic heterocycles. The molecule has 0 spiro atoms. The van der Waals surface area contributed by atoms with E-state index in [1.807, 2.05) is 0 Å². The Kier molecular flexibility index (Phi) is 2.00. The molecule has 1 unspecified atom stereocenters. The van der Waals surface area contributed by atoms with Gasteiger partial charge in [-0.15, -0.1) is 0 Å². The lowest BCUT2D eigenvalue weighted by atomic mass is 9.90. The van der Waals surface area contributed by atoms with Gasteiger partial charge in [0.05, 0.1) is 11.5 Å². The predicted molar refractivity (Wildman–Crippen MR) is 49.0 cm³/mol. The van der Waals surface area contributed by atoms with Crippen LogP contribution in [0.4, 0.5) is 0 Å². The Morgan fingerprint density at radius 1 is 1.47 bits per heavy atom. The maximum atomic E-state index is 11.5. The minimum atomic E-state index is -1.55. The number of fused-ring (bicyclic) bond motifs is 1. The van der Waals surface area contributed by atoms with Crippen LogP contribution in [0.5, 0.6) is 0 Å². The molecule has 1 atom stereocenters. The number of rotatable bonds is 1. The van der Waals surface area contributed by atoms with Crippen LogP contribution in [0, 0.1) is 0 Å². The summed E-state index contributed by atoms with van der Waals surface area (Å²) in [6, 6.07) is 6.80. The van der Waals surface area contributed by atoms with E-state index in [2.05, 4.69) is 0 Å². The third-order valence-electron chi connectivity index (χ3n) is 2.51. The second kappa shape index (κ2) is 3.08. The number of carbonyl (C=O) groups is 2. The van der Waals surface area contributed by atoms with E-state index in [0.29, 0.717) is 11.1 Å². The highest BCUT2D eigenvalue weighted by Gasteiger charge is 2.37. The van der Waals surface area contributed by atoms with E-state index in [1.165, 1.54) is 6.92 Å². The molecule has 1 aliphatic heterocycles. The number of benzene rings is 1. The Hall–Kier alpha value is -1.84. The second-order valence-corrected chi connectivity index (χ2v) is 3.74.